The van der Waals surface area contributed by atoms with Crippen LogP contribution in [0.5, 0.6) is 0 Å². The molecule has 2 amide bonds. The van der Waals surface area contributed by atoms with Crippen molar-refractivity contribution in [3.63, 3.8) is 0 Å². The van der Waals surface area contributed by atoms with Crippen molar-refractivity contribution in [2.75, 3.05) is 16.8 Å². The van der Waals surface area contributed by atoms with Crippen molar-refractivity contribution in [1.82, 2.24) is 0 Å². The Morgan fingerprint density at radius 3 is 2.57 bits per heavy atom. The molecule has 1 heterocycles. The van der Waals surface area contributed by atoms with Gasteiger partial charge < -0.3 is 16.0 Å². The third-order valence-electron chi connectivity index (χ3n) is 4.08. The lowest BCUT2D eigenvalue weighted by Gasteiger charge is -2.19. The Morgan fingerprint density at radius 1 is 1.38 bits per heavy atom. The molecule has 1 saturated heterocycles. The third kappa shape index (κ3) is 3.61. The zero-order valence-electron chi connectivity index (χ0n) is 12.6. The molecule has 1 aliphatic rings. The Balaban J connectivity index is 1.99. The summed E-state index contributed by atoms with van der Waals surface area (Å²) in [6, 6.07) is 6.82. The summed E-state index contributed by atoms with van der Waals surface area (Å²) in [7, 11) is 0. The number of anilines is 2. The van der Waals surface area contributed by atoms with Gasteiger partial charge in [0.25, 0.3) is 0 Å². The third-order valence-corrected chi connectivity index (χ3v) is 4.08. The van der Waals surface area contributed by atoms with Gasteiger partial charge in [0.2, 0.25) is 11.8 Å². The molecule has 0 aliphatic carbocycles. The van der Waals surface area contributed by atoms with Crippen LogP contribution in [-0.2, 0) is 9.59 Å². The lowest BCUT2D eigenvalue weighted by atomic mass is 9.99. The smallest absolute Gasteiger partial charge is 0.241 e. The van der Waals surface area contributed by atoms with Crippen molar-refractivity contribution in [2.45, 2.75) is 39.2 Å². The summed E-state index contributed by atoms with van der Waals surface area (Å²) in [5.74, 6) is 0.131. The van der Waals surface area contributed by atoms with Crippen molar-refractivity contribution >= 4 is 23.2 Å². The molecule has 5 nitrogen and oxygen atoms in total. The van der Waals surface area contributed by atoms with E-state index in [1.807, 2.05) is 38.1 Å². The molecule has 1 aromatic carbocycles. The van der Waals surface area contributed by atoms with Crippen LogP contribution in [0.4, 0.5) is 11.4 Å². The average molecular weight is 289 g/mol. The van der Waals surface area contributed by atoms with Crippen LogP contribution in [0, 0.1) is 5.92 Å². The fourth-order valence-electron chi connectivity index (χ4n) is 2.38. The van der Waals surface area contributed by atoms with Crippen molar-refractivity contribution < 1.29 is 9.59 Å². The molecule has 2 atom stereocenters. The number of carbonyl (C=O) groups is 2. The number of hydrogen-bond donors (Lipinski definition) is 2. The first-order valence-corrected chi connectivity index (χ1v) is 7.49. The van der Waals surface area contributed by atoms with Crippen LogP contribution in [-0.4, -0.2) is 24.4 Å². The number of benzene rings is 1. The molecular weight excluding hydrogens is 266 g/mol. The first-order valence-electron chi connectivity index (χ1n) is 7.49. The molecule has 0 bridgehead atoms. The van der Waals surface area contributed by atoms with E-state index < -0.39 is 6.04 Å². The van der Waals surface area contributed by atoms with Crippen LogP contribution in [0.25, 0.3) is 0 Å². The molecule has 0 radical (unpaired) electrons. The second-order valence-electron chi connectivity index (χ2n) is 5.60. The minimum atomic E-state index is -0.505. The quantitative estimate of drug-likeness (QED) is 0.872. The molecule has 0 aromatic heterocycles. The first kappa shape index (κ1) is 15.5. The molecule has 5 heteroatoms. The monoisotopic (exact) mass is 289 g/mol. The standard InChI is InChI=1S/C16H23N3O2/c1-3-11(2)15(17)16(21)18-12-6-8-13(9-7-12)19-10-4-5-14(19)20/h6-9,11,15H,3-5,10,17H2,1-2H3,(H,18,21)/t11?,15-/m0/s1. The van der Waals surface area contributed by atoms with E-state index in [1.165, 1.54) is 0 Å². The van der Waals surface area contributed by atoms with Crippen LogP contribution >= 0.6 is 0 Å². The maximum atomic E-state index is 12.0. The zero-order valence-corrected chi connectivity index (χ0v) is 12.6. The molecule has 3 N–H and O–H groups in total. The maximum Gasteiger partial charge on any atom is 0.241 e. The summed E-state index contributed by atoms with van der Waals surface area (Å²) >= 11 is 0. The average Bonchev–Trinajstić information content (AvgIpc) is 2.92. The van der Waals surface area contributed by atoms with Gasteiger partial charge >= 0.3 is 0 Å². The normalized spacial score (nSPS) is 17.7. The zero-order chi connectivity index (χ0) is 15.4. The van der Waals surface area contributed by atoms with Gasteiger partial charge in [0.1, 0.15) is 0 Å². The van der Waals surface area contributed by atoms with E-state index in [-0.39, 0.29) is 17.7 Å². The fourth-order valence-corrected chi connectivity index (χ4v) is 2.38. The number of nitrogens with one attached hydrogen (secondary N) is 1. The Morgan fingerprint density at radius 2 is 2.05 bits per heavy atom. The minimum Gasteiger partial charge on any atom is -0.325 e. The number of nitrogens with two attached hydrogens (primary N) is 1. The van der Waals surface area contributed by atoms with Crippen LogP contribution in [0.15, 0.2) is 24.3 Å². The number of amides is 2. The van der Waals surface area contributed by atoms with E-state index in [2.05, 4.69) is 5.32 Å². The molecule has 1 aliphatic heterocycles. The van der Waals surface area contributed by atoms with Crippen molar-refractivity contribution in [3.05, 3.63) is 24.3 Å². The van der Waals surface area contributed by atoms with E-state index in [4.69, 9.17) is 5.73 Å². The summed E-state index contributed by atoms with van der Waals surface area (Å²) < 4.78 is 0. The summed E-state index contributed by atoms with van der Waals surface area (Å²) in [5.41, 5.74) is 7.48. The Kier molecular flexibility index (Phi) is 4.96. The molecular formula is C16H23N3O2. The summed E-state index contributed by atoms with van der Waals surface area (Å²) in [6.07, 6.45) is 2.38. The summed E-state index contributed by atoms with van der Waals surface area (Å²) in [5, 5.41) is 2.82. The topological polar surface area (TPSA) is 75.4 Å². The summed E-state index contributed by atoms with van der Waals surface area (Å²) in [4.78, 5) is 25.5. The minimum absolute atomic E-state index is 0.145. The summed E-state index contributed by atoms with van der Waals surface area (Å²) in [6.45, 7) is 4.75. The van der Waals surface area contributed by atoms with E-state index in [9.17, 15) is 9.59 Å². The highest BCUT2D eigenvalue weighted by atomic mass is 16.2. The highest BCUT2D eigenvalue weighted by Gasteiger charge is 2.22. The molecule has 1 unspecified atom stereocenters. The molecule has 114 valence electrons. The van der Waals surface area contributed by atoms with Gasteiger partial charge in [-0.1, -0.05) is 20.3 Å². The predicted molar refractivity (Wildman–Crippen MR) is 84.1 cm³/mol. The number of carbonyl (C=O) groups excluding carboxylic acids is 2. The van der Waals surface area contributed by atoms with Gasteiger partial charge in [0, 0.05) is 24.3 Å². The van der Waals surface area contributed by atoms with Gasteiger partial charge in [-0.3, -0.25) is 9.59 Å². The largest absolute Gasteiger partial charge is 0.325 e. The Labute approximate surface area is 125 Å². The maximum absolute atomic E-state index is 12.0. The lowest BCUT2D eigenvalue weighted by Crippen LogP contribution is -2.40. The van der Waals surface area contributed by atoms with Gasteiger partial charge in [-0.2, -0.15) is 0 Å². The van der Waals surface area contributed by atoms with Crippen molar-refractivity contribution in [3.8, 4) is 0 Å². The van der Waals surface area contributed by atoms with E-state index in [1.54, 1.807) is 4.90 Å². The molecule has 1 fully saturated rings. The SMILES string of the molecule is CCC(C)[C@H](N)C(=O)Nc1ccc(N2CCCC2=O)cc1. The van der Waals surface area contributed by atoms with Gasteiger partial charge in [0.05, 0.1) is 6.04 Å². The second kappa shape index (κ2) is 6.72. The molecule has 1 aromatic rings. The highest BCUT2D eigenvalue weighted by Crippen LogP contribution is 2.23. The fraction of sp³-hybridized carbons (Fsp3) is 0.500. The number of rotatable bonds is 5. The Bertz CT molecular complexity index is 513. The molecule has 2 rings (SSSR count). The second-order valence-corrected chi connectivity index (χ2v) is 5.60. The van der Waals surface area contributed by atoms with Gasteiger partial charge in [-0.05, 0) is 36.6 Å². The van der Waals surface area contributed by atoms with Crippen LogP contribution in [0.1, 0.15) is 33.1 Å². The predicted octanol–water partition coefficient (Wildman–Crippen LogP) is 2.13. The number of hydrogen-bond acceptors (Lipinski definition) is 3. The molecule has 0 saturated carbocycles. The molecule has 21 heavy (non-hydrogen) atoms. The van der Waals surface area contributed by atoms with E-state index >= 15 is 0 Å². The van der Waals surface area contributed by atoms with E-state index in [0.717, 1.165) is 25.1 Å². The number of nitrogens with zero attached hydrogens (tertiary/aromatic N) is 1. The van der Waals surface area contributed by atoms with Crippen molar-refractivity contribution in [1.29, 1.82) is 0 Å². The van der Waals surface area contributed by atoms with Gasteiger partial charge in [-0.25, -0.2) is 0 Å². The first-order chi connectivity index (χ1) is 10.0. The van der Waals surface area contributed by atoms with E-state index in [0.29, 0.717) is 12.1 Å². The van der Waals surface area contributed by atoms with Crippen LogP contribution in [0.2, 0.25) is 0 Å². The molecule has 0 spiro atoms. The van der Waals surface area contributed by atoms with Crippen LogP contribution in [0.3, 0.4) is 0 Å². The van der Waals surface area contributed by atoms with Crippen LogP contribution < -0.4 is 16.0 Å². The van der Waals surface area contributed by atoms with Crippen molar-refractivity contribution in [2.24, 2.45) is 11.7 Å². The Hall–Kier alpha value is -1.88. The van der Waals surface area contributed by atoms with Gasteiger partial charge in [0.15, 0.2) is 0 Å². The highest BCUT2D eigenvalue weighted by molar-refractivity contribution is 5.97. The van der Waals surface area contributed by atoms with Gasteiger partial charge in [-0.15, -0.1) is 0 Å². The lowest BCUT2D eigenvalue weighted by molar-refractivity contribution is -0.118.